The molecule has 154 valence electrons. The van der Waals surface area contributed by atoms with Crippen molar-refractivity contribution in [2.45, 2.75) is 63.8 Å². The van der Waals surface area contributed by atoms with Crippen LogP contribution in [0.2, 0.25) is 0 Å². The third-order valence-electron chi connectivity index (χ3n) is 5.74. The van der Waals surface area contributed by atoms with Gasteiger partial charge in [-0.3, -0.25) is 4.79 Å². The quantitative estimate of drug-likeness (QED) is 0.780. The molecule has 2 fully saturated rings. The smallest absolute Gasteiger partial charge is 0.410 e. The highest BCUT2D eigenvalue weighted by molar-refractivity contribution is 5.80. The molecule has 5 nitrogen and oxygen atoms in total. The summed E-state index contributed by atoms with van der Waals surface area (Å²) in [5.74, 6) is -0.139. The van der Waals surface area contributed by atoms with E-state index in [2.05, 4.69) is 0 Å². The first-order chi connectivity index (χ1) is 13.1. The van der Waals surface area contributed by atoms with Crippen molar-refractivity contribution in [1.82, 2.24) is 9.80 Å². The van der Waals surface area contributed by atoms with Crippen LogP contribution in [0.3, 0.4) is 0 Å². The first kappa shape index (κ1) is 20.6. The SMILES string of the molecule is CN(C(=O)OC(C)(C)C)C1CC(C(=O)N2CCCC(F)(c3ccccc3)C2)C1. The molecule has 1 heterocycles. The molecule has 1 unspecified atom stereocenters. The van der Waals surface area contributed by atoms with Crippen LogP contribution < -0.4 is 0 Å². The van der Waals surface area contributed by atoms with Crippen molar-refractivity contribution in [3.63, 3.8) is 0 Å². The average Bonchev–Trinajstić information content (AvgIpc) is 2.59. The molecule has 0 bridgehead atoms. The number of amides is 2. The number of nitrogens with zero attached hydrogens (tertiary/aromatic N) is 2. The van der Waals surface area contributed by atoms with Crippen LogP contribution in [-0.2, 0) is 15.2 Å². The predicted molar refractivity (Wildman–Crippen MR) is 106 cm³/mol. The molecule has 1 atom stereocenters. The Bertz CT molecular complexity index is 712. The van der Waals surface area contributed by atoms with E-state index in [-0.39, 0.29) is 30.5 Å². The second kappa shape index (κ2) is 7.72. The number of halogens is 1. The molecule has 0 aromatic heterocycles. The Hall–Kier alpha value is -2.11. The van der Waals surface area contributed by atoms with Crippen molar-refractivity contribution in [1.29, 1.82) is 0 Å². The van der Waals surface area contributed by atoms with Crippen molar-refractivity contribution in [2.24, 2.45) is 5.92 Å². The molecule has 1 saturated heterocycles. The number of alkyl halides is 1. The van der Waals surface area contributed by atoms with E-state index in [0.29, 0.717) is 37.8 Å². The fraction of sp³-hybridized carbons (Fsp3) is 0.636. The van der Waals surface area contributed by atoms with Gasteiger partial charge in [0.2, 0.25) is 5.91 Å². The van der Waals surface area contributed by atoms with E-state index in [1.807, 2.05) is 39.0 Å². The minimum Gasteiger partial charge on any atom is -0.444 e. The van der Waals surface area contributed by atoms with Gasteiger partial charge in [0.1, 0.15) is 5.60 Å². The fourth-order valence-corrected chi connectivity index (χ4v) is 4.02. The molecule has 3 rings (SSSR count). The fourth-order valence-electron chi connectivity index (χ4n) is 4.02. The van der Waals surface area contributed by atoms with Gasteiger partial charge in [0, 0.05) is 25.6 Å². The number of carbonyl (C=O) groups is 2. The summed E-state index contributed by atoms with van der Waals surface area (Å²) in [5.41, 5.74) is -1.38. The summed E-state index contributed by atoms with van der Waals surface area (Å²) in [6.45, 7) is 6.20. The van der Waals surface area contributed by atoms with Crippen LogP contribution in [0.15, 0.2) is 30.3 Å². The number of likely N-dealkylation sites (tertiary alicyclic amines) is 1. The molecule has 0 N–H and O–H groups in total. The van der Waals surface area contributed by atoms with Crippen LogP contribution in [0.1, 0.15) is 52.0 Å². The summed E-state index contributed by atoms with van der Waals surface area (Å²) in [5, 5.41) is 0. The van der Waals surface area contributed by atoms with Gasteiger partial charge in [-0.05, 0) is 52.0 Å². The second-order valence-electron chi connectivity index (χ2n) is 9.11. The molecule has 1 aliphatic carbocycles. The Kier molecular flexibility index (Phi) is 5.69. The van der Waals surface area contributed by atoms with E-state index in [1.165, 1.54) is 0 Å². The zero-order valence-electron chi connectivity index (χ0n) is 17.3. The van der Waals surface area contributed by atoms with Gasteiger partial charge < -0.3 is 14.5 Å². The second-order valence-corrected chi connectivity index (χ2v) is 9.11. The van der Waals surface area contributed by atoms with Crippen LogP contribution in [-0.4, -0.2) is 53.6 Å². The maximum Gasteiger partial charge on any atom is 0.410 e. The van der Waals surface area contributed by atoms with Gasteiger partial charge in [0.05, 0.1) is 6.54 Å². The third-order valence-corrected chi connectivity index (χ3v) is 5.74. The summed E-state index contributed by atoms with van der Waals surface area (Å²) in [4.78, 5) is 28.3. The zero-order chi connectivity index (χ0) is 20.5. The highest BCUT2D eigenvalue weighted by Crippen LogP contribution is 2.39. The van der Waals surface area contributed by atoms with Crippen molar-refractivity contribution >= 4 is 12.0 Å². The number of ether oxygens (including phenoxy) is 1. The van der Waals surface area contributed by atoms with Gasteiger partial charge in [-0.25, -0.2) is 9.18 Å². The van der Waals surface area contributed by atoms with Gasteiger partial charge >= 0.3 is 6.09 Å². The lowest BCUT2D eigenvalue weighted by atomic mass is 9.77. The van der Waals surface area contributed by atoms with E-state index in [9.17, 15) is 9.59 Å². The lowest BCUT2D eigenvalue weighted by Crippen LogP contribution is -2.54. The number of rotatable bonds is 3. The molecule has 1 aromatic rings. The highest BCUT2D eigenvalue weighted by atomic mass is 19.1. The number of hydrogen-bond acceptors (Lipinski definition) is 3. The first-order valence-electron chi connectivity index (χ1n) is 10.1. The van der Waals surface area contributed by atoms with E-state index >= 15 is 4.39 Å². The van der Waals surface area contributed by atoms with Gasteiger partial charge in [0.15, 0.2) is 5.67 Å². The lowest BCUT2D eigenvalue weighted by Gasteiger charge is -2.44. The molecule has 28 heavy (non-hydrogen) atoms. The van der Waals surface area contributed by atoms with Crippen LogP contribution in [0.25, 0.3) is 0 Å². The predicted octanol–water partition coefficient (Wildman–Crippen LogP) is 4.12. The molecular weight excluding hydrogens is 359 g/mol. The van der Waals surface area contributed by atoms with E-state index in [1.54, 1.807) is 29.0 Å². The topological polar surface area (TPSA) is 49.9 Å². The zero-order valence-corrected chi connectivity index (χ0v) is 17.3. The Labute approximate surface area is 166 Å². The average molecular weight is 390 g/mol. The lowest BCUT2D eigenvalue weighted by molar-refractivity contribution is -0.144. The molecule has 1 aromatic carbocycles. The highest BCUT2D eigenvalue weighted by Gasteiger charge is 2.44. The maximum absolute atomic E-state index is 15.5. The van der Waals surface area contributed by atoms with Gasteiger partial charge in [0.25, 0.3) is 0 Å². The van der Waals surface area contributed by atoms with Crippen LogP contribution in [0, 0.1) is 5.92 Å². The first-order valence-corrected chi connectivity index (χ1v) is 10.1. The maximum atomic E-state index is 15.5. The normalized spacial score (nSPS) is 27.7. The molecule has 6 heteroatoms. The number of benzene rings is 1. The number of carbonyl (C=O) groups excluding carboxylic acids is 2. The van der Waals surface area contributed by atoms with Crippen molar-refractivity contribution in [3.8, 4) is 0 Å². The molecule has 0 spiro atoms. The summed E-state index contributed by atoms with van der Waals surface area (Å²) >= 11 is 0. The minimum atomic E-state index is -1.48. The van der Waals surface area contributed by atoms with Gasteiger partial charge in [-0.15, -0.1) is 0 Å². The van der Waals surface area contributed by atoms with Crippen molar-refractivity contribution in [2.75, 3.05) is 20.1 Å². The molecule has 0 radical (unpaired) electrons. The molecule has 2 aliphatic rings. The van der Waals surface area contributed by atoms with Crippen molar-refractivity contribution in [3.05, 3.63) is 35.9 Å². The molecule has 1 aliphatic heterocycles. The Morgan fingerprint density at radius 1 is 1.21 bits per heavy atom. The Morgan fingerprint density at radius 3 is 2.46 bits per heavy atom. The molecule has 1 saturated carbocycles. The van der Waals surface area contributed by atoms with Crippen LogP contribution in [0.5, 0.6) is 0 Å². The van der Waals surface area contributed by atoms with Crippen molar-refractivity contribution < 1.29 is 18.7 Å². The van der Waals surface area contributed by atoms with Gasteiger partial charge in [-0.1, -0.05) is 30.3 Å². The Morgan fingerprint density at radius 2 is 1.86 bits per heavy atom. The standard InChI is InChI=1S/C22H31FN2O3/c1-21(2,3)28-20(27)24(4)18-13-16(14-18)19(26)25-12-8-11-22(23,15-25)17-9-6-5-7-10-17/h5-7,9-10,16,18H,8,11-15H2,1-4H3. The summed E-state index contributed by atoms with van der Waals surface area (Å²) in [6, 6.07) is 9.12. The summed E-state index contributed by atoms with van der Waals surface area (Å²) in [7, 11) is 1.71. The van der Waals surface area contributed by atoms with Crippen LogP contribution >= 0.6 is 0 Å². The summed E-state index contributed by atoms with van der Waals surface area (Å²) < 4.78 is 20.9. The minimum absolute atomic E-state index is 0.00199. The molecule has 2 amide bonds. The third kappa shape index (κ3) is 4.47. The Balaban J connectivity index is 1.55. The number of piperidine rings is 1. The van der Waals surface area contributed by atoms with E-state index in [4.69, 9.17) is 4.74 Å². The monoisotopic (exact) mass is 390 g/mol. The van der Waals surface area contributed by atoms with E-state index < -0.39 is 11.3 Å². The van der Waals surface area contributed by atoms with Gasteiger partial charge in [-0.2, -0.15) is 0 Å². The number of hydrogen-bond donors (Lipinski definition) is 0. The van der Waals surface area contributed by atoms with E-state index in [0.717, 1.165) is 0 Å². The molecular formula is C22H31FN2O3. The summed E-state index contributed by atoms with van der Waals surface area (Å²) in [6.07, 6.45) is 1.94. The largest absolute Gasteiger partial charge is 0.444 e. The van der Waals surface area contributed by atoms with Crippen LogP contribution in [0.4, 0.5) is 9.18 Å².